The molecule has 0 aliphatic heterocycles. The van der Waals surface area contributed by atoms with Crippen LogP contribution in [-0.2, 0) is 27.4 Å². The Balaban J connectivity index is 1.29. The number of nitrogen functional groups attached to an aromatic ring is 1. The molecular weight excluding hydrogens is 713 g/mol. The molecule has 1 atom stereocenters. The van der Waals surface area contributed by atoms with Crippen LogP contribution in [0.2, 0.25) is 10.0 Å². The minimum Gasteiger partial charge on any atom is -0.457 e. The van der Waals surface area contributed by atoms with Crippen LogP contribution in [0, 0.1) is 0 Å². The second-order valence-corrected chi connectivity index (χ2v) is 13.9. The Bertz CT molecular complexity index is 1740. The smallest absolute Gasteiger partial charge is 0.338 e. The SMILES string of the molecule is CCC1(NCc2cc(C(=O)OCc3ccc(C(OC(C)=O)c4ccccc4Nc4c(Cl)cccc4Cl)cc3)cc(Br)c2N)CCCCC1. The minimum atomic E-state index is -0.719. The lowest BCUT2D eigenvalue weighted by Crippen LogP contribution is -2.45. The highest BCUT2D eigenvalue weighted by Crippen LogP contribution is 2.38. The van der Waals surface area contributed by atoms with E-state index in [4.69, 9.17) is 38.4 Å². The average molecular weight is 754 g/mol. The molecule has 1 aliphatic carbocycles. The highest BCUT2D eigenvalue weighted by molar-refractivity contribution is 9.10. The van der Waals surface area contributed by atoms with E-state index in [0.717, 1.165) is 41.5 Å². The van der Waals surface area contributed by atoms with E-state index in [1.165, 1.54) is 26.2 Å². The molecule has 10 heteroatoms. The van der Waals surface area contributed by atoms with Gasteiger partial charge in [0.2, 0.25) is 0 Å². The molecule has 0 spiro atoms. The maximum Gasteiger partial charge on any atom is 0.338 e. The number of para-hydroxylation sites is 2. The van der Waals surface area contributed by atoms with Crippen molar-refractivity contribution in [1.82, 2.24) is 5.32 Å². The van der Waals surface area contributed by atoms with Crippen molar-refractivity contribution < 1.29 is 19.1 Å². The fourth-order valence-electron chi connectivity index (χ4n) is 6.19. The first-order chi connectivity index (χ1) is 23.1. The largest absolute Gasteiger partial charge is 0.457 e. The highest BCUT2D eigenvalue weighted by atomic mass is 79.9. The summed E-state index contributed by atoms with van der Waals surface area (Å²) in [5.74, 6) is -0.878. The lowest BCUT2D eigenvalue weighted by molar-refractivity contribution is -0.144. The van der Waals surface area contributed by atoms with Gasteiger partial charge in [-0.05, 0) is 82.2 Å². The summed E-state index contributed by atoms with van der Waals surface area (Å²) in [4.78, 5) is 25.4. The molecule has 0 bridgehead atoms. The fraction of sp³-hybridized carbons (Fsp3) is 0.316. The molecule has 7 nitrogen and oxygen atoms in total. The molecule has 0 heterocycles. The summed E-state index contributed by atoms with van der Waals surface area (Å²) >= 11 is 16.4. The van der Waals surface area contributed by atoms with Crippen molar-refractivity contribution in [1.29, 1.82) is 0 Å². The second kappa shape index (κ2) is 16.2. The first kappa shape index (κ1) is 35.7. The van der Waals surface area contributed by atoms with E-state index in [9.17, 15) is 9.59 Å². The van der Waals surface area contributed by atoms with Crippen LogP contribution in [-0.4, -0.2) is 17.5 Å². The molecule has 48 heavy (non-hydrogen) atoms. The van der Waals surface area contributed by atoms with Crippen LogP contribution in [0.1, 0.15) is 91.1 Å². The number of carbonyl (C=O) groups excluding carboxylic acids is 2. The molecule has 1 fully saturated rings. The Morgan fingerprint density at radius 2 is 1.65 bits per heavy atom. The summed E-state index contributed by atoms with van der Waals surface area (Å²) < 4.78 is 12.2. The number of anilines is 3. The number of nitrogens with two attached hydrogens (primary N) is 1. The van der Waals surface area contributed by atoms with Gasteiger partial charge in [-0.3, -0.25) is 4.79 Å². The van der Waals surface area contributed by atoms with E-state index < -0.39 is 18.0 Å². The molecule has 0 amide bonds. The molecule has 0 aromatic heterocycles. The van der Waals surface area contributed by atoms with Crippen LogP contribution in [0.5, 0.6) is 0 Å². The van der Waals surface area contributed by atoms with Crippen molar-refractivity contribution in [3.05, 3.63) is 121 Å². The zero-order chi connectivity index (χ0) is 34.3. The summed E-state index contributed by atoms with van der Waals surface area (Å²) in [5.41, 5.74) is 11.9. The van der Waals surface area contributed by atoms with Gasteiger partial charge in [-0.25, -0.2) is 4.79 Å². The maximum atomic E-state index is 13.2. The monoisotopic (exact) mass is 751 g/mol. The van der Waals surface area contributed by atoms with Gasteiger partial charge in [0.15, 0.2) is 6.10 Å². The number of halogens is 3. The molecule has 1 aliphatic rings. The third-order valence-corrected chi connectivity index (χ3v) is 10.3. The molecule has 4 aromatic carbocycles. The van der Waals surface area contributed by atoms with Gasteiger partial charge in [0.25, 0.3) is 0 Å². The Hall–Kier alpha value is -3.56. The predicted octanol–water partition coefficient (Wildman–Crippen LogP) is 10.3. The number of benzene rings is 4. The lowest BCUT2D eigenvalue weighted by atomic mass is 9.79. The zero-order valence-electron chi connectivity index (χ0n) is 27.1. The van der Waals surface area contributed by atoms with Crippen LogP contribution >= 0.6 is 39.1 Å². The number of esters is 2. The third kappa shape index (κ3) is 8.72. The summed E-state index contributed by atoms with van der Waals surface area (Å²) in [6, 6.07) is 23.7. The molecule has 1 unspecified atom stereocenters. The normalized spacial score (nSPS) is 14.6. The quantitative estimate of drug-likeness (QED) is 0.0978. The summed E-state index contributed by atoms with van der Waals surface area (Å²) in [6.07, 6.45) is 6.35. The first-order valence-electron chi connectivity index (χ1n) is 16.1. The standard InChI is InChI=1S/C38H40BrCl2N3O4/c1-3-38(18-7-4-8-19-38)43-22-28-20-27(21-30(39)34(28)42)37(46)47-23-25-14-16-26(17-15-25)36(48-24(2)45)29-10-5-6-13-33(29)44-35-31(40)11-9-12-32(35)41/h5-6,9-17,20-21,36,43-44H,3-4,7-8,18-19,22-23,42H2,1-2H3. The van der Waals surface area contributed by atoms with Gasteiger partial charge in [0.05, 0.1) is 27.0 Å². The van der Waals surface area contributed by atoms with Crippen molar-refractivity contribution in [3.63, 3.8) is 0 Å². The highest BCUT2D eigenvalue weighted by Gasteiger charge is 2.30. The molecule has 252 valence electrons. The first-order valence-corrected chi connectivity index (χ1v) is 17.7. The Kier molecular flexibility index (Phi) is 12.1. The Morgan fingerprint density at radius 1 is 0.958 bits per heavy atom. The van der Waals surface area contributed by atoms with Crippen LogP contribution in [0.25, 0.3) is 0 Å². The van der Waals surface area contributed by atoms with E-state index in [1.54, 1.807) is 24.3 Å². The second-order valence-electron chi connectivity index (χ2n) is 12.2. The molecule has 0 saturated heterocycles. The van der Waals surface area contributed by atoms with Gasteiger partial charge in [-0.15, -0.1) is 0 Å². The van der Waals surface area contributed by atoms with Crippen LogP contribution in [0.3, 0.4) is 0 Å². The van der Waals surface area contributed by atoms with Crippen LogP contribution < -0.4 is 16.4 Å². The number of hydrogen-bond donors (Lipinski definition) is 3. The topological polar surface area (TPSA) is 103 Å². The van der Waals surface area contributed by atoms with Crippen LogP contribution in [0.4, 0.5) is 17.1 Å². The van der Waals surface area contributed by atoms with E-state index in [-0.39, 0.29) is 12.1 Å². The molecule has 5 rings (SSSR count). The van der Waals surface area contributed by atoms with Gasteiger partial charge in [0.1, 0.15) is 6.61 Å². The number of rotatable bonds is 12. The number of carbonyl (C=O) groups is 2. The van der Waals surface area contributed by atoms with Crippen molar-refractivity contribution in [3.8, 4) is 0 Å². The van der Waals surface area contributed by atoms with Crippen molar-refractivity contribution >= 4 is 68.1 Å². The predicted molar refractivity (Wildman–Crippen MR) is 197 cm³/mol. The molecular formula is C38H40BrCl2N3O4. The summed E-state index contributed by atoms with van der Waals surface area (Å²) in [6.45, 7) is 4.24. The van der Waals surface area contributed by atoms with Gasteiger partial charge < -0.3 is 25.8 Å². The Labute approximate surface area is 300 Å². The van der Waals surface area contributed by atoms with Crippen molar-refractivity contribution in [2.24, 2.45) is 0 Å². The van der Waals surface area contributed by atoms with E-state index in [0.29, 0.717) is 43.7 Å². The average Bonchev–Trinajstić information content (AvgIpc) is 3.09. The fourth-order valence-corrected chi connectivity index (χ4v) is 7.19. The van der Waals surface area contributed by atoms with Gasteiger partial charge in [-0.1, -0.05) is 97.9 Å². The summed E-state index contributed by atoms with van der Waals surface area (Å²) in [7, 11) is 0. The minimum absolute atomic E-state index is 0.0645. The van der Waals surface area contributed by atoms with Crippen LogP contribution in [0.15, 0.2) is 83.3 Å². The Morgan fingerprint density at radius 3 is 2.31 bits per heavy atom. The van der Waals surface area contributed by atoms with Gasteiger partial charge in [-0.2, -0.15) is 0 Å². The van der Waals surface area contributed by atoms with Crippen molar-refractivity contribution in [2.45, 2.75) is 77.2 Å². The molecule has 4 aromatic rings. The van der Waals surface area contributed by atoms with E-state index in [2.05, 4.69) is 33.5 Å². The molecule has 4 N–H and O–H groups in total. The maximum absolute atomic E-state index is 13.2. The number of ether oxygens (including phenoxy) is 2. The lowest BCUT2D eigenvalue weighted by Gasteiger charge is -2.38. The van der Waals surface area contributed by atoms with E-state index >= 15 is 0 Å². The number of hydrogen-bond acceptors (Lipinski definition) is 7. The van der Waals surface area contributed by atoms with E-state index in [1.807, 2.05) is 54.6 Å². The van der Waals surface area contributed by atoms with Gasteiger partial charge in [0, 0.05) is 34.7 Å². The summed E-state index contributed by atoms with van der Waals surface area (Å²) in [5, 5.41) is 7.98. The van der Waals surface area contributed by atoms with Gasteiger partial charge >= 0.3 is 11.9 Å². The third-order valence-electron chi connectivity index (χ3n) is 8.99. The molecule has 1 saturated carbocycles. The number of nitrogens with one attached hydrogen (secondary N) is 2. The zero-order valence-corrected chi connectivity index (χ0v) is 30.2. The molecule has 0 radical (unpaired) electrons. The van der Waals surface area contributed by atoms with Crippen molar-refractivity contribution in [2.75, 3.05) is 11.1 Å².